The van der Waals surface area contributed by atoms with Gasteiger partial charge in [-0.05, 0) is 20.0 Å². The molecule has 0 bridgehead atoms. The summed E-state index contributed by atoms with van der Waals surface area (Å²) in [5.41, 5.74) is 5.53. The lowest BCUT2D eigenvalue weighted by molar-refractivity contribution is -0.132. The van der Waals surface area contributed by atoms with Crippen LogP contribution in [0.3, 0.4) is 0 Å². The predicted octanol–water partition coefficient (Wildman–Crippen LogP) is -0.241. The highest BCUT2D eigenvalue weighted by Gasteiger charge is 2.33. The van der Waals surface area contributed by atoms with E-state index in [-0.39, 0.29) is 12.0 Å². The smallest absolute Gasteiger partial charge is 0.225 e. The summed E-state index contributed by atoms with van der Waals surface area (Å²) >= 11 is 0. The maximum atomic E-state index is 12.1. The molecule has 1 heterocycles. The third kappa shape index (κ3) is 3.66. The lowest BCUT2D eigenvalue weighted by atomic mass is 10.1. The van der Waals surface area contributed by atoms with Crippen LogP contribution in [-0.2, 0) is 9.53 Å². The molecule has 17 heavy (non-hydrogen) atoms. The zero-order valence-electron chi connectivity index (χ0n) is 11.3. The monoisotopic (exact) mass is 243 g/mol. The van der Waals surface area contributed by atoms with Crippen LogP contribution in [0.4, 0.5) is 0 Å². The number of carbonyl (C=O) groups excluding carboxylic acids is 1. The Morgan fingerprint density at radius 3 is 2.59 bits per heavy atom. The van der Waals surface area contributed by atoms with Crippen molar-refractivity contribution in [2.75, 3.05) is 40.8 Å². The molecule has 0 radical (unpaired) electrons. The molecule has 0 aromatic heterocycles. The Labute approximate surface area is 104 Å². The SMILES string of the molecule is COC(CN)CC(=O)N1CC(C)C(N(C)C)C1. The number of hydrogen-bond acceptors (Lipinski definition) is 4. The number of carbonyl (C=O) groups is 1. The fourth-order valence-electron chi connectivity index (χ4n) is 2.41. The van der Waals surface area contributed by atoms with Crippen LogP contribution in [0.2, 0.25) is 0 Å². The van der Waals surface area contributed by atoms with Crippen molar-refractivity contribution in [1.82, 2.24) is 9.80 Å². The minimum absolute atomic E-state index is 0.151. The molecule has 1 rings (SSSR count). The molecule has 1 fully saturated rings. The largest absolute Gasteiger partial charge is 0.380 e. The van der Waals surface area contributed by atoms with Gasteiger partial charge in [-0.2, -0.15) is 0 Å². The predicted molar refractivity (Wildman–Crippen MR) is 67.7 cm³/mol. The summed E-state index contributed by atoms with van der Waals surface area (Å²) in [4.78, 5) is 16.2. The van der Waals surface area contributed by atoms with Crippen molar-refractivity contribution in [1.29, 1.82) is 0 Å². The van der Waals surface area contributed by atoms with E-state index >= 15 is 0 Å². The minimum atomic E-state index is -0.156. The lowest BCUT2D eigenvalue weighted by Crippen LogP contribution is -2.37. The van der Waals surface area contributed by atoms with Gasteiger partial charge >= 0.3 is 0 Å². The zero-order valence-corrected chi connectivity index (χ0v) is 11.3. The van der Waals surface area contributed by atoms with E-state index in [2.05, 4.69) is 25.9 Å². The van der Waals surface area contributed by atoms with E-state index in [0.29, 0.717) is 24.9 Å². The van der Waals surface area contributed by atoms with Gasteiger partial charge < -0.3 is 20.3 Å². The lowest BCUT2D eigenvalue weighted by Gasteiger charge is -2.23. The molecule has 3 unspecified atom stereocenters. The van der Waals surface area contributed by atoms with Crippen LogP contribution in [0.25, 0.3) is 0 Å². The van der Waals surface area contributed by atoms with Crippen molar-refractivity contribution >= 4 is 5.91 Å². The number of ether oxygens (including phenoxy) is 1. The van der Waals surface area contributed by atoms with Gasteiger partial charge in [-0.1, -0.05) is 6.92 Å². The average molecular weight is 243 g/mol. The Morgan fingerprint density at radius 2 is 2.18 bits per heavy atom. The van der Waals surface area contributed by atoms with E-state index in [9.17, 15) is 4.79 Å². The number of likely N-dealkylation sites (N-methyl/N-ethyl adjacent to an activating group) is 1. The first-order valence-corrected chi connectivity index (χ1v) is 6.16. The Hall–Kier alpha value is -0.650. The van der Waals surface area contributed by atoms with Gasteiger partial charge in [-0.25, -0.2) is 0 Å². The highest BCUT2D eigenvalue weighted by atomic mass is 16.5. The summed E-state index contributed by atoms with van der Waals surface area (Å²) in [6.07, 6.45) is 0.232. The number of nitrogens with zero attached hydrogens (tertiary/aromatic N) is 2. The Bertz CT molecular complexity index is 254. The molecule has 1 aliphatic rings. The molecule has 1 aliphatic heterocycles. The van der Waals surface area contributed by atoms with E-state index in [0.717, 1.165) is 13.1 Å². The molecule has 3 atom stereocenters. The number of nitrogens with two attached hydrogens (primary N) is 1. The first-order valence-electron chi connectivity index (χ1n) is 6.16. The van der Waals surface area contributed by atoms with E-state index in [1.54, 1.807) is 7.11 Å². The topological polar surface area (TPSA) is 58.8 Å². The molecular weight excluding hydrogens is 218 g/mol. The van der Waals surface area contributed by atoms with Crippen molar-refractivity contribution in [2.24, 2.45) is 11.7 Å². The van der Waals surface area contributed by atoms with E-state index < -0.39 is 0 Å². The second-order valence-electron chi connectivity index (χ2n) is 5.10. The number of likely N-dealkylation sites (tertiary alicyclic amines) is 1. The summed E-state index contributed by atoms with van der Waals surface area (Å²) in [5, 5.41) is 0. The van der Waals surface area contributed by atoms with Crippen molar-refractivity contribution in [3.05, 3.63) is 0 Å². The molecule has 5 nitrogen and oxygen atoms in total. The molecule has 0 aliphatic carbocycles. The van der Waals surface area contributed by atoms with Gasteiger partial charge in [0.05, 0.1) is 12.5 Å². The van der Waals surface area contributed by atoms with Gasteiger partial charge in [-0.3, -0.25) is 4.79 Å². The van der Waals surface area contributed by atoms with Crippen molar-refractivity contribution in [2.45, 2.75) is 25.5 Å². The fraction of sp³-hybridized carbons (Fsp3) is 0.917. The van der Waals surface area contributed by atoms with Crippen LogP contribution in [0, 0.1) is 5.92 Å². The van der Waals surface area contributed by atoms with Gasteiger partial charge in [0.1, 0.15) is 0 Å². The second-order valence-corrected chi connectivity index (χ2v) is 5.10. The normalized spacial score (nSPS) is 26.6. The van der Waals surface area contributed by atoms with Gasteiger partial charge in [0.15, 0.2) is 0 Å². The molecule has 1 amide bonds. The van der Waals surface area contributed by atoms with E-state index in [4.69, 9.17) is 10.5 Å². The highest BCUT2D eigenvalue weighted by molar-refractivity contribution is 5.77. The molecule has 5 heteroatoms. The molecule has 2 N–H and O–H groups in total. The summed E-state index contributed by atoms with van der Waals surface area (Å²) in [7, 11) is 5.72. The van der Waals surface area contributed by atoms with E-state index in [1.165, 1.54) is 0 Å². The molecule has 0 aromatic carbocycles. The first-order chi connectivity index (χ1) is 7.99. The van der Waals surface area contributed by atoms with Gasteiger partial charge in [0.25, 0.3) is 0 Å². The summed E-state index contributed by atoms with van der Waals surface area (Å²) in [6, 6.07) is 0.456. The number of methoxy groups -OCH3 is 1. The molecule has 1 saturated heterocycles. The van der Waals surface area contributed by atoms with Crippen LogP contribution in [0.15, 0.2) is 0 Å². The number of hydrogen-bond donors (Lipinski definition) is 1. The van der Waals surface area contributed by atoms with Crippen molar-refractivity contribution < 1.29 is 9.53 Å². The van der Waals surface area contributed by atoms with Crippen molar-refractivity contribution in [3.8, 4) is 0 Å². The number of rotatable bonds is 5. The van der Waals surface area contributed by atoms with Gasteiger partial charge in [0, 0.05) is 32.8 Å². The minimum Gasteiger partial charge on any atom is -0.380 e. The first kappa shape index (κ1) is 14.4. The fourth-order valence-corrected chi connectivity index (χ4v) is 2.41. The molecule has 0 saturated carbocycles. The van der Waals surface area contributed by atoms with E-state index in [1.807, 2.05) is 4.90 Å². The van der Waals surface area contributed by atoms with Gasteiger partial charge in [-0.15, -0.1) is 0 Å². The third-order valence-corrected chi connectivity index (χ3v) is 3.59. The molecule has 100 valence electrons. The van der Waals surface area contributed by atoms with Crippen LogP contribution < -0.4 is 5.73 Å². The summed E-state index contributed by atoms with van der Waals surface area (Å²) in [5.74, 6) is 0.673. The standard InChI is InChI=1S/C12H25N3O2/c1-9-7-15(8-11(9)14(2)3)12(16)5-10(6-13)17-4/h9-11H,5-8,13H2,1-4H3. The van der Waals surface area contributed by atoms with Crippen LogP contribution in [0.5, 0.6) is 0 Å². The Morgan fingerprint density at radius 1 is 1.53 bits per heavy atom. The van der Waals surface area contributed by atoms with Crippen LogP contribution in [0.1, 0.15) is 13.3 Å². The van der Waals surface area contributed by atoms with Crippen LogP contribution >= 0.6 is 0 Å². The molecular formula is C12H25N3O2. The third-order valence-electron chi connectivity index (χ3n) is 3.59. The average Bonchev–Trinajstić information content (AvgIpc) is 2.68. The zero-order chi connectivity index (χ0) is 13.0. The quantitative estimate of drug-likeness (QED) is 0.724. The van der Waals surface area contributed by atoms with Crippen LogP contribution in [-0.4, -0.2) is 68.7 Å². The summed E-state index contributed by atoms with van der Waals surface area (Å²) < 4.78 is 5.15. The second kappa shape index (κ2) is 6.33. The van der Waals surface area contributed by atoms with Gasteiger partial charge in [0.2, 0.25) is 5.91 Å². The summed E-state index contributed by atoms with van der Waals surface area (Å²) in [6.45, 7) is 4.23. The number of amides is 1. The Kier molecular flexibility index (Phi) is 5.36. The maximum Gasteiger partial charge on any atom is 0.225 e. The van der Waals surface area contributed by atoms with Crippen molar-refractivity contribution in [3.63, 3.8) is 0 Å². The molecule has 0 spiro atoms. The maximum absolute atomic E-state index is 12.1. The molecule has 0 aromatic rings. The Balaban J connectivity index is 2.49. The highest BCUT2D eigenvalue weighted by Crippen LogP contribution is 2.20.